The Morgan fingerprint density at radius 1 is 0.920 bits per heavy atom. The molecule has 1 aliphatic carbocycles. The smallest absolute Gasteiger partial charge is 0.115 e. The van der Waals surface area contributed by atoms with E-state index in [9.17, 15) is 10.2 Å². The third kappa shape index (κ3) is 5.32. The minimum atomic E-state index is 0.227. The summed E-state index contributed by atoms with van der Waals surface area (Å²) in [5.41, 5.74) is 2.63. The highest BCUT2D eigenvalue weighted by Gasteiger charge is 2.22. The van der Waals surface area contributed by atoms with Crippen molar-refractivity contribution in [1.29, 1.82) is 0 Å². The summed E-state index contributed by atoms with van der Waals surface area (Å²) in [6, 6.07) is 18.6. The fraction of sp³-hybridized carbons (Fsp3) is 0.455. The Hall–Kier alpha value is -1.84. The molecule has 1 aliphatic rings. The van der Waals surface area contributed by atoms with Crippen LogP contribution in [-0.4, -0.2) is 29.4 Å². The molecule has 0 radical (unpaired) electrons. The zero-order valence-electron chi connectivity index (χ0n) is 14.8. The molecule has 0 heterocycles. The normalized spacial score (nSPS) is 21.8. The van der Waals surface area contributed by atoms with Crippen LogP contribution in [0.2, 0.25) is 0 Å². The lowest BCUT2D eigenvalue weighted by atomic mass is 9.81. The lowest BCUT2D eigenvalue weighted by Crippen LogP contribution is -2.37. The van der Waals surface area contributed by atoms with Crippen LogP contribution in [0.25, 0.3) is 0 Å². The number of hydrogen-bond acceptors (Lipinski definition) is 3. The molecule has 3 rings (SSSR count). The van der Waals surface area contributed by atoms with Gasteiger partial charge in [-0.15, -0.1) is 0 Å². The molecule has 0 bridgehead atoms. The first-order valence-corrected chi connectivity index (χ1v) is 9.41. The molecule has 0 saturated heterocycles. The summed E-state index contributed by atoms with van der Waals surface area (Å²) in [6.07, 6.45) is 5.65. The number of phenolic OH excluding ortho intramolecular Hbond substituents is 1. The molecule has 134 valence electrons. The van der Waals surface area contributed by atoms with E-state index >= 15 is 0 Å². The van der Waals surface area contributed by atoms with Crippen LogP contribution < -0.4 is 5.32 Å². The highest BCUT2D eigenvalue weighted by Crippen LogP contribution is 2.33. The first-order valence-electron chi connectivity index (χ1n) is 9.41. The quantitative estimate of drug-likeness (QED) is 0.718. The molecule has 2 aromatic rings. The van der Waals surface area contributed by atoms with Gasteiger partial charge in [0.1, 0.15) is 5.75 Å². The van der Waals surface area contributed by atoms with Crippen molar-refractivity contribution in [1.82, 2.24) is 5.32 Å². The van der Waals surface area contributed by atoms with E-state index in [1.807, 2.05) is 6.07 Å². The zero-order valence-corrected chi connectivity index (χ0v) is 14.8. The molecule has 3 heteroatoms. The van der Waals surface area contributed by atoms with Gasteiger partial charge < -0.3 is 15.5 Å². The van der Waals surface area contributed by atoms with Crippen molar-refractivity contribution in [3.05, 3.63) is 65.7 Å². The van der Waals surface area contributed by atoms with Gasteiger partial charge in [0.2, 0.25) is 0 Å². The van der Waals surface area contributed by atoms with Crippen molar-refractivity contribution < 1.29 is 10.2 Å². The summed E-state index contributed by atoms with van der Waals surface area (Å²) in [4.78, 5) is 0. The Kier molecular flexibility index (Phi) is 6.48. The molecule has 0 amide bonds. The number of aliphatic hydroxyl groups excluding tert-OH is 1. The van der Waals surface area contributed by atoms with E-state index in [1.54, 1.807) is 12.1 Å². The number of nitrogens with one attached hydrogen (secondary N) is 1. The molecule has 3 N–H and O–H groups in total. The predicted molar refractivity (Wildman–Crippen MR) is 102 cm³/mol. The van der Waals surface area contributed by atoms with Gasteiger partial charge in [-0.1, -0.05) is 42.5 Å². The topological polar surface area (TPSA) is 52.5 Å². The first-order chi connectivity index (χ1) is 12.2. The summed E-state index contributed by atoms with van der Waals surface area (Å²) in [5.74, 6) is 1.22. The molecule has 3 nitrogen and oxygen atoms in total. The molecule has 0 spiro atoms. The monoisotopic (exact) mass is 339 g/mol. The number of benzene rings is 2. The maximum atomic E-state index is 9.67. The Balaban J connectivity index is 1.43. The van der Waals surface area contributed by atoms with Crippen molar-refractivity contribution in [2.24, 2.45) is 5.92 Å². The van der Waals surface area contributed by atoms with Gasteiger partial charge >= 0.3 is 0 Å². The minimum Gasteiger partial charge on any atom is -0.508 e. The van der Waals surface area contributed by atoms with Crippen molar-refractivity contribution in [3.63, 3.8) is 0 Å². The molecule has 2 aromatic carbocycles. The van der Waals surface area contributed by atoms with E-state index in [0.717, 1.165) is 13.0 Å². The van der Waals surface area contributed by atoms with Crippen LogP contribution >= 0.6 is 0 Å². The molecule has 0 aromatic heterocycles. The van der Waals surface area contributed by atoms with Crippen LogP contribution in [0.3, 0.4) is 0 Å². The van der Waals surface area contributed by atoms with Gasteiger partial charge in [0, 0.05) is 19.2 Å². The number of phenols is 1. The number of rotatable bonds is 7. The van der Waals surface area contributed by atoms with Crippen molar-refractivity contribution >= 4 is 0 Å². The van der Waals surface area contributed by atoms with Crippen LogP contribution in [0.15, 0.2) is 54.6 Å². The number of hydrogen-bond donors (Lipinski definition) is 3. The van der Waals surface area contributed by atoms with Gasteiger partial charge in [0.15, 0.2) is 0 Å². The lowest BCUT2D eigenvalue weighted by molar-refractivity contribution is 0.212. The second-order valence-corrected chi connectivity index (χ2v) is 7.29. The first kappa shape index (κ1) is 18.0. The van der Waals surface area contributed by atoms with Crippen LogP contribution in [0.1, 0.15) is 42.7 Å². The molecule has 1 fully saturated rings. The van der Waals surface area contributed by atoms with Gasteiger partial charge in [-0.25, -0.2) is 0 Å². The molecule has 1 atom stereocenters. The lowest BCUT2D eigenvalue weighted by Gasteiger charge is -2.30. The molecule has 1 saturated carbocycles. The third-order valence-corrected chi connectivity index (χ3v) is 5.41. The van der Waals surface area contributed by atoms with Gasteiger partial charge in [0.25, 0.3) is 0 Å². The van der Waals surface area contributed by atoms with Crippen LogP contribution in [0, 0.1) is 5.92 Å². The largest absolute Gasteiger partial charge is 0.508 e. The van der Waals surface area contributed by atoms with Gasteiger partial charge in [-0.05, 0) is 67.2 Å². The molecular weight excluding hydrogens is 310 g/mol. The maximum absolute atomic E-state index is 9.67. The van der Waals surface area contributed by atoms with Crippen LogP contribution in [0.5, 0.6) is 5.75 Å². The van der Waals surface area contributed by atoms with Crippen molar-refractivity contribution in [2.75, 3.05) is 13.2 Å². The number of aliphatic hydroxyl groups is 1. The standard InChI is InChI=1S/C22H29NO2/c24-16-18(14-17-4-2-1-3-5-17)15-23-21-10-6-19(7-11-21)20-8-12-22(25)13-9-20/h1-5,8-9,12-13,18-19,21,23-25H,6-7,10-11,14-16H2. The second kappa shape index (κ2) is 9.02. The fourth-order valence-electron chi connectivity index (χ4n) is 3.86. The SMILES string of the molecule is OCC(CNC1CCC(c2ccc(O)cc2)CC1)Cc1ccccc1. The summed E-state index contributed by atoms with van der Waals surface area (Å²) >= 11 is 0. The zero-order chi connectivity index (χ0) is 17.5. The summed E-state index contributed by atoms with van der Waals surface area (Å²) in [6.45, 7) is 1.10. The highest BCUT2D eigenvalue weighted by atomic mass is 16.3. The number of aromatic hydroxyl groups is 1. The second-order valence-electron chi connectivity index (χ2n) is 7.29. The van der Waals surface area contributed by atoms with E-state index in [0.29, 0.717) is 17.7 Å². The Morgan fingerprint density at radius 3 is 2.24 bits per heavy atom. The fourth-order valence-corrected chi connectivity index (χ4v) is 3.86. The van der Waals surface area contributed by atoms with Crippen molar-refractivity contribution in [3.8, 4) is 5.75 Å². The van der Waals surface area contributed by atoms with Gasteiger partial charge in [-0.3, -0.25) is 0 Å². The Labute approximate surface area is 150 Å². The van der Waals surface area contributed by atoms with Crippen LogP contribution in [-0.2, 0) is 6.42 Å². The molecule has 0 aliphatic heterocycles. The molecular formula is C22H29NO2. The minimum absolute atomic E-state index is 0.227. The van der Waals surface area contributed by atoms with Gasteiger partial charge in [0.05, 0.1) is 0 Å². The highest BCUT2D eigenvalue weighted by molar-refractivity contribution is 5.28. The van der Waals surface area contributed by atoms with E-state index in [2.05, 4.69) is 41.7 Å². The van der Waals surface area contributed by atoms with Gasteiger partial charge in [-0.2, -0.15) is 0 Å². The summed E-state index contributed by atoms with van der Waals surface area (Å²) in [7, 11) is 0. The summed E-state index contributed by atoms with van der Waals surface area (Å²) in [5, 5.41) is 22.8. The Bertz CT molecular complexity index is 618. The average molecular weight is 339 g/mol. The maximum Gasteiger partial charge on any atom is 0.115 e. The van der Waals surface area contributed by atoms with E-state index < -0.39 is 0 Å². The van der Waals surface area contributed by atoms with Crippen molar-refractivity contribution in [2.45, 2.75) is 44.1 Å². The average Bonchev–Trinajstić information content (AvgIpc) is 2.67. The molecule has 25 heavy (non-hydrogen) atoms. The van der Waals surface area contributed by atoms with Crippen LogP contribution in [0.4, 0.5) is 0 Å². The molecule has 1 unspecified atom stereocenters. The summed E-state index contributed by atoms with van der Waals surface area (Å²) < 4.78 is 0. The third-order valence-electron chi connectivity index (χ3n) is 5.41. The van der Waals surface area contributed by atoms with E-state index in [4.69, 9.17) is 0 Å². The van der Waals surface area contributed by atoms with E-state index in [1.165, 1.54) is 36.8 Å². The van der Waals surface area contributed by atoms with E-state index in [-0.39, 0.29) is 12.5 Å². The predicted octanol–water partition coefficient (Wildman–Crippen LogP) is 3.86. The Morgan fingerprint density at radius 2 is 1.60 bits per heavy atom.